The Bertz CT molecular complexity index is 548. The average molecular weight is 338 g/mol. The van der Waals surface area contributed by atoms with Crippen molar-refractivity contribution in [2.45, 2.75) is 25.8 Å². The lowest BCUT2D eigenvalue weighted by Crippen LogP contribution is -2.25. The lowest BCUT2D eigenvalue weighted by molar-refractivity contribution is 0.513. The third-order valence-electron chi connectivity index (χ3n) is 3.01. The molecular weight excluding hydrogens is 321 g/mol. The van der Waals surface area contributed by atoms with Crippen LogP contribution in [0, 0.1) is 5.82 Å². The molecule has 106 valence electrons. The van der Waals surface area contributed by atoms with Crippen molar-refractivity contribution in [3.8, 4) is 0 Å². The Kier molecular flexibility index (Phi) is 5.61. The van der Waals surface area contributed by atoms with Crippen molar-refractivity contribution >= 4 is 15.9 Å². The fourth-order valence-electron chi connectivity index (χ4n) is 2.01. The van der Waals surface area contributed by atoms with E-state index < -0.39 is 0 Å². The molecule has 0 spiro atoms. The monoisotopic (exact) mass is 337 g/mol. The van der Waals surface area contributed by atoms with Crippen LogP contribution in [-0.2, 0) is 6.42 Å². The molecule has 1 heterocycles. The van der Waals surface area contributed by atoms with Gasteiger partial charge in [0.2, 0.25) is 0 Å². The van der Waals surface area contributed by atoms with Crippen molar-refractivity contribution in [2.75, 3.05) is 6.54 Å². The third-order valence-corrected chi connectivity index (χ3v) is 3.79. The minimum atomic E-state index is -0.225. The first-order valence-electron chi connectivity index (χ1n) is 6.64. The highest BCUT2D eigenvalue weighted by molar-refractivity contribution is 9.10. The summed E-state index contributed by atoms with van der Waals surface area (Å²) in [6.07, 6.45) is 6.77. The molecule has 0 aliphatic heterocycles. The summed E-state index contributed by atoms with van der Waals surface area (Å²) in [4.78, 5) is 8.45. The van der Waals surface area contributed by atoms with E-state index in [1.807, 2.05) is 0 Å². The van der Waals surface area contributed by atoms with Crippen LogP contribution in [0.4, 0.5) is 4.39 Å². The lowest BCUT2D eigenvalue weighted by atomic mass is 10.0. The van der Waals surface area contributed by atoms with Gasteiger partial charge in [0.25, 0.3) is 0 Å². The molecule has 2 aromatic rings. The second-order valence-corrected chi connectivity index (χ2v) is 5.43. The van der Waals surface area contributed by atoms with Crippen LogP contribution in [0.1, 0.15) is 30.6 Å². The summed E-state index contributed by atoms with van der Waals surface area (Å²) in [7, 11) is 0. The standard InChI is InChI=1S/C15H17BrFN3/c1-2-5-19-14(15-10-18-6-7-20-15)9-11-8-12(17)3-4-13(11)16/h3-4,6-8,10,14,19H,2,5,9H2,1H3. The number of nitrogens with zero attached hydrogens (tertiary/aromatic N) is 2. The summed E-state index contributed by atoms with van der Waals surface area (Å²) in [5.74, 6) is -0.225. The van der Waals surface area contributed by atoms with Crippen LogP contribution in [-0.4, -0.2) is 16.5 Å². The molecule has 0 fully saturated rings. The number of aromatic nitrogens is 2. The van der Waals surface area contributed by atoms with Crippen LogP contribution < -0.4 is 5.32 Å². The summed E-state index contributed by atoms with van der Waals surface area (Å²) >= 11 is 3.47. The molecule has 2 rings (SSSR count). The third kappa shape index (κ3) is 4.08. The van der Waals surface area contributed by atoms with Crippen molar-refractivity contribution in [3.63, 3.8) is 0 Å². The summed E-state index contributed by atoms with van der Waals surface area (Å²) in [5.41, 5.74) is 1.79. The predicted octanol–water partition coefficient (Wildman–Crippen LogP) is 3.66. The van der Waals surface area contributed by atoms with Crippen LogP contribution in [0.15, 0.2) is 41.3 Å². The molecule has 1 aromatic heterocycles. The van der Waals surface area contributed by atoms with Gasteiger partial charge in [-0.3, -0.25) is 9.97 Å². The number of hydrogen-bond donors (Lipinski definition) is 1. The summed E-state index contributed by atoms with van der Waals surface area (Å²) in [6.45, 7) is 2.99. The molecule has 0 radical (unpaired) electrons. The van der Waals surface area contributed by atoms with E-state index in [4.69, 9.17) is 0 Å². The smallest absolute Gasteiger partial charge is 0.123 e. The first kappa shape index (κ1) is 15.1. The second kappa shape index (κ2) is 7.45. The number of rotatable bonds is 6. The van der Waals surface area contributed by atoms with Crippen molar-refractivity contribution in [3.05, 3.63) is 58.3 Å². The molecule has 1 aromatic carbocycles. The topological polar surface area (TPSA) is 37.8 Å². The first-order chi connectivity index (χ1) is 9.70. The summed E-state index contributed by atoms with van der Waals surface area (Å²) in [6, 6.07) is 4.77. The van der Waals surface area contributed by atoms with Gasteiger partial charge >= 0.3 is 0 Å². The Hall–Kier alpha value is -1.33. The molecule has 0 bridgehead atoms. The van der Waals surface area contributed by atoms with E-state index in [-0.39, 0.29) is 11.9 Å². The van der Waals surface area contributed by atoms with Crippen molar-refractivity contribution in [1.82, 2.24) is 15.3 Å². The maximum atomic E-state index is 13.4. The van der Waals surface area contributed by atoms with Crippen molar-refractivity contribution < 1.29 is 4.39 Å². The molecule has 0 aliphatic rings. The lowest BCUT2D eigenvalue weighted by Gasteiger charge is -2.18. The van der Waals surface area contributed by atoms with E-state index in [9.17, 15) is 4.39 Å². The molecule has 3 nitrogen and oxygen atoms in total. The van der Waals surface area contributed by atoms with Crippen LogP contribution in [0.25, 0.3) is 0 Å². The normalized spacial score (nSPS) is 12.3. The van der Waals surface area contributed by atoms with Gasteiger partial charge in [-0.15, -0.1) is 0 Å². The molecule has 1 atom stereocenters. The van der Waals surface area contributed by atoms with Gasteiger partial charge in [-0.05, 0) is 43.1 Å². The molecule has 0 amide bonds. The van der Waals surface area contributed by atoms with Gasteiger partial charge in [-0.2, -0.15) is 0 Å². The zero-order chi connectivity index (χ0) is 14.4. The molecular formula is C15H17BrFN3. The Morgan fingerprint density at radius 1 is 1.35 bits per heavy atom. The van der Waals surface area contributed by atoms with E-state index in [1.165, 1.54) is 6.07 Å². The number of hydrogen-bond acceptors (Lipinski definition) is 3. The van der Waals surface area contributed by atoms with E-state index >= 15 is 0 Å². The fourth-order valence-corrected chi connectivity index (χ4v) is 2.42. The van der Waals surface area contributed by atoms with Crippen LogP contribution >= 0.6 is 15.9 Å². The van der Waals surface area contributed by atoms with E-state index in [1.54, 1.807) is 30.7 Å². The highest BCUT2D eigenvalue weighted by Gasteiger charge is 2.15. The van der Waals surface area contributed by atoms with E-state index in [0.717, 1.165) is 28.7 Å². The zero-order valence-corrected chi connectivity index (χ0v) is 12.9. The van der Waals surface area contributed by atoms with Gasteiger partial charge < -0.3 is 5.32 Å². The minimum Gasteiger partial charge on any atom is -0.308 e. The predicted molar refractivity (Wildman–Crippen MR) is 80.9 cm³/mol. The van der Waals surface area contributed by atoms with Gasteiger partial charge in [0.1, 0.15) is 5.82 Å². The Morgan fingerprint density at radius 2 is 2.20 bits per heavy atom. The number of nitrogens with one attached hydrogen (secondary N) is 1. The average Bonchev–Trinajstić information content (AvgIpc) is 2.48. The van der Waals surface area contributed by atoms with Gasteiger partial charge in [-0.25, -0.2) is 4.39 Å². The summed E-state index contributed by atoms with van der Waals surface area (Å²) < 4.78 is 14.3. The SMILES string of the molecule is CCCNC(Cc1cc(F)ccc1Br)c1cnccn1. The van der Waals surface area contributed by atoms with Gasteiger partial charge in [0.15, 0.2) is 0 Å². The van der Waals surface area contributed by atoms with E-state index in [0.29, 0.717) is 6.42 Å². The maximum Gasteiger partial charge on any atom is 0.123 e. The summed E-state index contributed by atoms with van der Waals surface area (Å²) in [5, 5.41) is 3.44. The molecule has 20 heavy (non-hydrogen) atoms. The Labute approximate surface area is 126 Å². The first-order valence-corrected chi connectivity index (χ1v) is 7.43. The molecule has 0 saturated heterocycles. The number of halogens is 2. The Morgan fingerprint density at radius 3 is 2.90 bits per heavy atom. The van der Waals surface area contributed by atoms with Crippen LogP contribution in [0.3, 0.4) is 0 Å². The Balaban J connectivity index is 2.21. The van der Waals surface area contributed by atoms with Crippen LogP contribution in [0.2, 0.25) is 0 Å². The number of benzene rings is 1. The fraction of sp³-hybridized carbons (Fsp3) is 0.333. The van der Waals surface area contributed by atoms with Crippen molar-refractivity contribution in [2.24, 2.45) is 0 Å². The molecule has 1 N–H and O–H groups in total. The van der Waals surface area contributed by atoms with Crippen molar-refractivity contribution in [1.29, 1.82) is 0 Å². The van der Waals surface area contributed by atoms with Gasteiger partial charge in [0, 0.05) is 23.1 Å². The van der Waals surface area contributed by atoms with E-state index in [2.05, 4.69) is 38.1 Å². The molecule has 0 saturated carbocycles. The van der Waals surface area contributed by atoms with Gasteiger partial charge in [-0.1, -0.05) is 22.9 Å². The van der Waals surface area contributed by atoms with Crippen LogP contribution in [0.5, 0.6) is 0 Å². The zero-order valence-electron chi connectivity index (χ0n) is 11.3. The highest BCUT2D eigenvalue weighted by atomic mass is 79.9. The molecule has 0 aliphatic carbocycles. The van der Waals surface area contributed by atoms with Gasteiger partial charge in [0.05, 0.1) is 11.7 Å². The molecule has 5 heteroatoms. The maximum absolute atomic E-state index is 13.4. The largest absolute Gasteiger partial charge is 0.308 e. The minimum absolute atomic E-state index is 0.0294. The highest BCUT2D eigenvalue weighted by Crippen LogP contribution is 2.23. The second-order valence-electron chi connectivity index (χ2n) is 4.58. The molecule has 1 unspecified atom stereocenters. The quantitative estimate of drug-likeness (QED) is 0.873.